The molecule has 2 aromatic carbocycles. The van der Waals surface area contributed by atoms with Gasteiger partial charge in [-0.3, -0.25) is 0 Å². The van der Waals surface area contributed by atoms with E-state index in [0.717, 1.165) is 19.3 Å². The number of ether oxygens (including phenoxy) is 2. The third-order valence-corrected chi connectivity index (χ3v) is 6.98. The van der Waals surface area contributed by atoms with Crippen LogP contribution < -0.4 is 4.74 Å². The molecule has 0 N–H and O–H groups in total. The summed E-state index contributed by atoms with van der Waals surface area (Å²) in [6, 6.07) is 13.8. The zero-order valence-corrected chi connectivity index (χ0v) is 23.0. The van der Waals surface area contributed by atoms with Gasteiger partial charge in [-0.2, -0.15) is 0 Å². The number of benzene rings is 2. The first-order chi connectivity index (χ1) is 17.9. The Kier molecular flexibility index (Phi) is 15.1. The molecule has 206 valence electrons. The van der Waals surface area contributed by atoms with E-state index in [-0.39, 0.29) is 6.61 Å². The number of hydrogen-bond acceptors (Lipinski definition) is 3. The molecule has 0 spiro atoms. The number of rotatable bonds is 19. The minimum absolute atomic E-state index is 0.0352. The average Bonchev–Trinajstić information content (AvgIpc) is 2.90. The van der Waals surface area contributed by atoms with Crippen molar-refractivity contribution in [2.24, 2.45) is 5.92 Å². The number of esters is 1. The standard InChI is InChI=1S/C32H46F2O3/c1-4-6-7-8-9-10-11-12-13-14-26-15-17-28(18-16-26)32(35)37-29-21-19-27(20-22-29)30(31(33)34)24-36-23-25(3)5-2/h15-22,25,30-31H,4-14,23-24H2,1-3H3/t25?,30-/m0/s1. The van der Waals surface area contributed by atoms with Gasteiger partial charge in [0.05, 0.1) is 18.1 Å². The summed E-state index contributed by atoms with van der Waals surface area (Å²) in [6.45, 7) is 6.76. The second-order valence-electron chi connectivity index (χ2n) is 10.2. The van der Waals surface area contributed by atoms with E-state index in [1.807, 2.05) is 26.0 Å². The maximum Gasteiger partial charge on any atom is 0.343 e. The van der Waals surface area contributed by atoms with E-state index in [4.69, 9.17) is 9.47 Å². The van der Waals surface area contributed by atoms with Crippen molar-refractivity contribution in [1.29, 1.82) is 0 Å². The Hall–Kier alpha value is -2.27. The van der Waals surface area contributed by atoms with Gasteiger partial charge in [0.2, 0.25) is 6.43 Å². The highest BCUT2D eigenvalue weighted by molar-refractivity contribution is 5.91. The van der Waals surface area contributed by atoms with Crippen molar-refractivity contribution in [2.45, 2.75) is 104 Å². The van der Waals surface area contributed by atoms with E-state index in [1.165, 1.54) is 56.9 Å². The Morgan fingerprint density at radius 2 is 1.38 bits per heavy atom. The van der Waals surface area contributed by atoms with Gasteiger partial charge in [0.25, 0.3) is 0 Å². The summed E-state index contributed by atoms with van der Waals surface area (Å²) < 4.78 is 38.1. The van der Waals surface area contributed by atoms with Gasteiger partial charge in [0.1, 0.15) is 5.75 Å². The maximum absolute atomic E-state index is 13.6. The summed E-state index contributed by atoms with van der Waals surface area (Å²) in [5, 5.41) is 0. The lowest BCUT2D eigenvalue weighted by Gasteiger charge is -2.18. The van der Waals surface area contributed by atoms with E-state index in [2.05, 4.69) is 6.92 Å². The fraction of sp³-hybridized carbons (Fsp3) is 0.594. The first kappa shape index (κ1) is 31.0. The number of carbonyl (C=O) groups excluding carboxylic acids is 1. The van der Waals surface area contributed by atoms with Gasteiger partial charge in [-0.1, -0.05) is 103 Å². The molecule has 0 aromatic heterocycles. The Balaban J connectivity index is 1.76. The molecule has 0 saturated heterocycles. The van der Waals surface area contributed by atoms with Gasteiger partial charge in [-0.25, -0.2) is 13.6 Å². The summed E-state index contributed by atoms with van der Waals surface area (Å²) in [5.74, 6) is -0.790. The third-order valence-electron chi connectivity index (χ3n) is 6.98. The molecule has 2 atom stereocenters. The van der Waals surface area contributed by atoms with Crippen LogP contribution in [-0.4, -0.2) is 25.6 Å². The van der Waals surface area contributed by atoms with Gasteiger partial charge in [0, 0.05) is 6.61 Å². The van der Waals surface area contributed by atoms with Crippen molar-refractivity contribution in [1.82, 2.24) is 0 Å². The molecule has 0 amide bonds. The Morgan fingerprint density at radius 1 is 0.784 bits per heavy atom. The lowest BCUT2D eigenvalue weighted by Crippen LogP contribution is -2.18. The molecule has 0 aliphatic heterocycles. The van der Waals surface area contributed by atoms with Crippen molar-refractivity contribution in [3.63, 3.8) is 0 Å². The van der Waals surface area contributed by atoms with Crippen molar-refractivity contribution < 1.29 is 23.0 Å². The molecule has 0 saturated carbocycles. The van der Waals surface area contributed by atoms with E-state index >= 15 is 0 Å². The van der Waals surface area contributed by atoms with Crippen LogP contribution in [0.4, 0.5) is 8.78 Å². The molecule has 0 fully saturated rings. The predicted octanol–water partition coefficient (Wildman–Crippen LogP) is 9.39. The first-order valence-electron chi connectivity index (χ1n) is 14.2. The van der Waals surface area contributed by atoms with Gasteiger partial charge in [-0.05, 0) is 54.2 Å². The maximum atomic E-state index is 13.6. The monoisotopic (exact) mass is 516 g/mol. The van der Waals surface area contributed by atoms with Crippen LogP contribution in [-0.2, 0) is 11.2 Å². The topological polar surface area (TPSA) is 35.5 Å². The molecule has 5 heteroatoms. The van der Waals surface area contributed by atoms with E-state index in [1.54, 1.807) is 36.4 Å². The molecule has 0 heterocycles. The molecule has 2 rings (SSSR count). The van der Waals surface area contributed by atoms with Crippen LogP contribution in [0.5, 0.6) is 5.75 Å². The molecule has 3 nitrogen and oxygen atoms in total. The molecule has 1 unspecified atom stereocenters. The third kappa shape index (κ3) is 12.2. The van der Waals surface area contributed by atoms with E-state index in [9.17, 15) is 13.6 Å². The van der Waals surface area contributed by atoms with Crippen molar-refractivity contribution in [3.8, 4) is 5.75 Å². The van der Waals surface area contributed by atoms with Crippen LogP contribution in [0.1, 0.15) is 112 Å². The molecule has 0 aliphatic carbocycles. The van der Waals surface area contributed by atoms with Gasteiger partial charge >= 0.3 is 5.97 Å². The highest BCUT2D eigenvalue weighted by Gasteiger charge is 2.23. The number of halogens is 2. The Bertz CT molecular complexity index is 865. The number of unbranched alkanes of at least 4 members (excludes halogenated alkanes) is 8. The number of alkyl halides is 2. The van der Waals surface area contributed by atoms with Crippen molar-refractivity contribution in [2.75, 3.05) is 13.2 Å². The number of hydrogen-bond donors (Lipinski definition) is 0. The molecular formula is C32H46F2O3. The lowest BCUT2D eigenvalue weighted by molar-refractivity contribution is 0.0320. The second-order valence-corrected chi connectivity index (χ2v) is 10.2. The fourth-order valence-corrected chi connectivity index (χ4v) is 4.22. The predicted molar refractivity (Wildman–Crippen MR) is 148 cm³/mol. The summed E-state index contributed by atoms with van der Waals surface area (Å²) in [4.78, 5) is 12.6. The lowest BCUT2D eigenvalue weighted by atomic mass is 10.0. The normalized spacial score (nSPS) is 13.0. The van der Waals surface area contributed by atoms with Gasteiger partial charge < -0.3 is 9.47 Å². The summed E-state index contributed by atoms with van der Waals surface area (Å²) in [5.41, 5.74) is 2.17. The quantitative estimate of drug-likeness (QED) is 0.106. The Morgan fingerprint density at radius 3 is 1.95 bits per heavy atom. The second kappa shape index (κ2) is 18.1. The molecule has 0 aliphatic rings. The van der Waals surface area contributed by atoms with E-state index in [0.29, 0.717) is 29.4 Å². The fourth-order valence-electron chi connectivity index (χ4n) is 4.22. The van der Waals surface area contributed by atoms with Gasteiger partial charge in [0.15, 0.2) is 0 Å². The van der Waals surface area contributed by atoms with Crippen LogP contribution in [0.2, 0.25) is 0 Å². The minimum Gasteiger partial charge on any atom is -0.423 e. The van der Waals surface area contributed by atoms with Crippen LogP contribution in [0, 0.1) is 5.92 Å². The zero-order chi connectivity index (χ0) is 26.9. The van der Waals surface area contributed by atoms with Crippen LogP contribution in [0.3, 0.4) is 0 Å². The summed E-state index contributed by atoms with van der Waals surface area (Å²) >= 11 is 0. The van der Waals surface area contributed by atoms with E-state index < -0.39 is 18.3 Å². The number of carbonyl (C=O) groups is 1. The molecule has 0 bridgehead atoms. The highest BCUT2D eigenvalue weighted by Crippen LogP contribution is 2.26. The smallest absolute Gasteiger partial charge is 0.343 e. The molecular weight excluding hydrogens is 470 g/mol. The molecule has 37 heavy (non-hydrogen) atoms. The minimum atomic E-state index is -2.53. The summed E-state index contributed by atoms with van der Waals surface area (Å²) in [6.07, 6.45) is 11.2. The first-order valence-corrected chi connectivity index (χ1v) is 14.2. The van der Waals surface area contributed by atoms with Gasteiger partial charge in [-0.15, -0.1) is 0 Å². The average molecular weight is 517 g/mol. The molecule has 2 aromatic rings. The largest absolute Gasteiger partial charge is 0.423 e. The van der Waals surface area contributed by atoms with Crippen molar-refractivity contribution >= 4 is 5.97 Å². The van der Waals surface area contributed by atoms with Crippen LogP contribution in [0.15, 0.2) is 48.5 Å². The highest BCUT2D eigenvalue weighted by atomic mass is 19.3. The summed E-state index contributed by atoms with van der Waals surface area (Å²) in [7, 11) is 0. The zero-order valence-electron chi connectivity index (χ0n) is 23.0. The van der Waals surface area contributed by atoms with Crippen molar-refractivity contribution in [3.05, 3.63) is 65.2 Å². The SMILES string of the molecule is CCCCCCCCCCCc1ccc(C(=O)Oc2ccc([C@H](COCC(C)CC)C(F)F)cc2)cc1. The van der Waals surface area contributed by atoms with Crippen LogP contribution in [0.25, 0.3) is 0 Å². The Labute approximate surface area is 223 Å². The van der Waals surface area contributed by atoms with Crippen LogP contribution >= 0.6 is 0 Å². The molecule has 0 radical (unpaired) electrons. The number of aryl methyl sites for hydroxylation is 1.